The van der Waals surface area contributed by atoms with Gasteiger partial charge in [0, 0.05) is 12.4 Å². The topological polar surface area (TPSA) is 68.9 Å². The first-order chi connectivity index (χ1) is 7.70. The van der Waals surface area contributed by atoms with E-state index in [4.69, 9.17) is 0 Å². The van der Waals surface area contributed by atoms with Crippen LogP contribution in [0.15, 0.2) is 41.3 Å². The van der Waals surface area contributed by atoms with Gasteiger partial charge in [-0.1, -0.05) is 6.07 Å². The second-order valence-electron chi connectivity index (χ2n) is 2.97. The predicted octanol–water partition coefficient (Wildman–Crippen LogP) is 2.81. The quantitative estimate of drug-likeness (QED) is 0.482. The van der Waals surface area contributed by atoms with E-state index in [2.05, 4.69) is 25.9 Å². The molecule has 0 aliphatic rings. The zero-order valence-electron chi connectivity index (χ0n) is 8.00. The number of rotatable bonds is 2. The first-order valence-electron chi connectivity index (χ1n) is 4.40. The van der Waals surface area contributed by atoms with E-state index in [-0.39, 0.29) is 10.3 Å². The Morgan fingerprint density at radius 1 is 1.19 bits per heavy atom. The highest BCUT2D eigenvalue weighted by Gasteiger charge is 2.20. The SMILES string of the molecule is O=[N+]([O-])c1c(-c2ccccn2)ccnc1Br. The fourth-order valence-electron chi connectivity index (χ4n) is 1.33. The van der Waals surface area contributed by atoms with Crippen molar-refractivity contribution in [3.63, 3.8) is 0 Å². The maximum absolute atomic E-state index is 10.9. The third-order valence-electron chi connectivity index (χ3n) is 2.00. The van der Waals surface area contributed by atoms with Crippen LogP contribution in [-0.2, 0) is 0 Å². The van der Waals surface area contributed by atoms with Crippen LogP contribution in [0.1, 0.15) is 0 Å². The molecular formula is C10H6BrN3O2. The normalized spacial score (nSPS) is 10.1. The summed E-state index contributed by atoms with van der Waals surface area (Å²) < 4.78 is 0.209. The third-order valence-corrected chi connectivity index (χ3v) is 2.58. The number of hydrogen-bond donors (Lipinski definition) is 0. The fraction of sp³-hybridized carbons (Fsp3) is 0. The van der Waals surface area contributed by atoms with E-state index in [1.807, 2.05) is 0 Å². The minimum absolute atomic E-state index is 0.0683. The first-order valence-corrected chi connectivity index (χ1v) is 5.20. The van der Waals surface area contributed by atoms with Crippen LogP contribution in [0, 0.1) is 10.1 Å². The Kier molecular flexibility index (Phi) is 2.91. The van der Waals surface area contributed by atoms with E-state index in [9.17, 15) is 10.1 Å². The van der Waals surface area contributed by atoms with E-state index in [0.717, 1.165) is 0 Å². The molecule has 0 atom stereocenters. The molecular weight excluding hydrogens is 274 g/mol. The van der Waals surface area contributed by atoms with Gasteiger partial charge in [-0.2, -0.15) is 0 Å². The van der Waals surface area contributed by atoms with Gasteiger partial charge in [0.25, 0.3) is 0 Å². The highest BCUT2D eigenvalue weighted by Crippen LogP contribution is 2.32. The van der Waals surface area contributed by atoms with Crippen LogP contribution in [0.3, 0.4) is 0 Å². The summed E-state index contributed by atoms with van der Waals surface area (Å²) in [4.78, 5) is 18.4. The van der Waals surface area contributed by atoms with Crippen molar-refractivity contribution in [2.24, 2.45) is 0 Å². The van der Waals surface area contributed by atoms with Gasteiger partial charge in [-0.3, -0.25) is 15.1 Å². The van der Waals surface area contributed by atoms with Gasteiger partial charge in [-0.15, -0.1) is 0 Å². The highest BCUT2D eigenvalue weighted by molar-refractivity contribution is 9.10. The van der Waals surface area contributed by atoms with Crippen LogP contribution in [0.25, 0.3) is 11.3 Å². The van der Waals surface area contributed by atoms with Crippen molar-refractivity contribution in [2.45, 2.75) is 0 Å². The van der Waals surface area contributed by atoms with Gasteiger partial charge in [0.15, 0.2) is 4.60 Å². The van der Waals surface area contributed by atoms with Crippen LogP contribution >= 0.6 is 15.9 Å². The molecule has 0 aliphatic heterocycles. The molecule has 0 aliphatic carbocycles. The van der Waals surface area contributed by atoms with Crippen LogP contribution in [0.5, 0.6) is 0 Å². The Morgan fingerprint density at radius 2 is 2.00 bits per heavy atom. The Hall–Kier alpha value is -1.82. The third kappa shape index (κ3) is 1.92. The molecule has 2 heterocycles. The molecule has 5 nitrogen and oxygen atoms in total. The monoisotopic (exact) mass is 279 g/mol. The molecule has 0 amide bonds. The van der Waals surface area contributed by atoms with Gasteiger partial charge in [0.2, 0.25) is 0 Å². The molecule has 0 saturated heterocycles. The van der Waals surface area contributed by atoms with Crippen LogP contribution in [0.2, 0.25) is 0 Å². The molecule has 0 fully saturated rings. The number of aromatic nitrogens is 2. The molecule has 2 aromatic rings. The lowest BCUT2D eigenvalue weighted by Crippen LogP contribution is -1.96. The first kappa shape index (κ1) is 10.7. The lowest BCUT2D eigenvalue weighted by atomic mass is 10.1. The van der Waals surface area contributed by atoms with Gasteiger partial charge in [-0.25, -0.2) is 4.98 Å². The molecule has 0 spiro atoms. The summed E-state index contributed by atoms with van der Waals surface area (Å²) in [6.07, 6.45) is 3.09. The van der Waals surface area contributed by atoms with Crippen molar-refractivity contribution in [3.05, 3.63) is 51.4 Å². The van der Waals surface area contributed by atoms with E-state index in [0.29, 0.717) is 11.3 Å². The molecule has 0 bridgehead atoms. The molecule has 2 aromatic heterocycles. The van der Waals surface area contributed by atoms with Gasteiger partial charge in [0.1, 0.15) is 0 Å². The number of hydrogen-bond acceptors (Lipinski definition) is 4. The molecule has 6 heteroatoms. The summed E-state index contributed by atoms with van der Waals surface area (Å²) in [5.41, 5.74) is 0.936. The van der Waals surface area contributed by atoms with Crippen molar-refractivity contribution in [3.8, 4) is 11.3 Å². The average molecular weight is 280 g/mol. The number of nitro groups is 1. The van der Waals surface area contributed by atoms with Crippen molar-refractivity contribution in [2.75, 3.05) is 0 Å². The molecule has 0 radical (unpaired) electrons. The zero-order chi connectivity index (χ0) is 11.5. The van der Waals surface area contributed by atoms with Crippen LogP contribution < -0.4 is 0 Å². The Bertz CT molecular complexity index is 531. The summed E-state index contributed by atoms with van der Waals surface area (Å²) in [5.74, 6) is 0. The minimum Gasteiger partial charge on any atom is -0.258 e. The van der Waals surface area contributed by atoms with Crippen LogP contribution in [-0.4, -0.2) is 14.9 Å². The molecule has 0 unspecified atom stereocenters. The van der Waals surface area contributed by atoms with Crippen molar-refractivity contribution >= 4 is 21.6 Å². The van der Waals surface area contributed by atoms with Crippen LogP contribution in [0.4, 0.5) is 5.69 Å². The summed E-state index contributed by atoms with van der Waals surface area (Å²) in [6, 6.07) is 6.83. The van der Waals surface area contributed by atoms with Crippen molar-refractivity contribution in [1.82, 2.24) is 9.97 Å². The minimum atomic E-state index is -0.471. The number of nitrogens with zero attached hydrogens (tertiary/aromatic N) is 3. The molecule has 80 valence electrons. The summed E-state index contributed by atoms with van der Waals surface area (Å²) >= 11 is 3.06. The largest absolute Gasteiger partial charge is 0.311 e. The molecule has 2 rings (SSSR count). The van der Waals surface area contributed by atoms with E-state index in [1.54, 1.807) is 30.5 Å². The second-order valence-corrected chi connectivity index (χ2v) is 3.72. The molecule has 0 aromatic carbocycles. The zero-order valence-corrected chi connectivity index (χ0v) is 9.59. The van der Waals surface area contributed by atoms with Gasteiger partial charge in [0.05, 0.1) is 16.2 Å². The lowest BCUT2D eigenvalue weighted by molar-refractivity contribution is -0.385. The van der Waals surface area contributed by atoms with E-state index < -0.39 is 4.92 Å². The Labute approximate surface area is 99.4 Å². The van der Waals surface area contributed by atoms with E-state index in [1.165, 1.54) is 6.20 Å². The molecule has 0 N–H and O–H groups in total. The second kappa shape index (κ2) is 4.36. The van der Waals surface area contributed by atoms with Crippen molar-refractivity contribution in [1.29, 1.82) is 0 Å². The molecule has 0 saturated carbocycles. The Balaban J connectivity index is 2.66. The maximum atomic E-state index is 10.9. The summed E-state index contributed by atoms with van der Waals surface area (Å²) in [6.45, 7) is 0. The highest BCUT2D eigenvalue weighted by atomic mass is 79.9. The summed E-state index contributed by atoms with van der Waals surface area (Å²) in [7, 11) is 0. The number of pyridine rings is 2. The molecule has 16 heavy (non-hydrogen) atoms. The van der Waals surface area contributed by atoms with Gasteiger partial charge >= 0.3 is 5.69 Å². The van der Waals surface area contributed by atoms with Gasteiger partial charge in [-0.05, 0) is 34.1 Å². The standard InChI is InChI=1S/C10H6BrN3O2/c11-10-9(14(15)16)7(4-6-13-10)8-3-1-2-5-12-8/h1-6H. The smallest absolute Gasteiger partial charge is 0.258 e. The average Bonchev–Trinajstić information content (AvgIpc) is 2.29. The number of halogens is 1. The lowest BCUT2D eigenvalue weighted by Gasteiger charge is -2.02. The predicted molar refractivity (Wildman–Crippen MR) is 61.8 cm³/mol. The van der Waals surface area contributed by atoms with Gasteiger partial charge < -0.3 is 0 Å². The van der Waals surface area contributed by atoms with Crippen molar-refractivity contribution < 1.29 is 4.92 Å². The Morgan fingerprint density at radius 3 is 2.62 bits per heavy atom. The maximum Gasteiger partial charge on any atom is 0.311 e. The van der Waals surface area contributed by atoms with E-state index >= 15 is 0 Å². The fourth-order valence-corrected chi connectivity index (χ4v) is 1.81. The summed E-state index contributed by atoms with van der Waals surface area (Å²) in [5, 5.41) is 10.9.